The van der Waals surface area contributed by atoms with Crippen molar-refractivity contribution in [3.05, 3.63) is 53.6 Å². The van der Waals surface area contributed by atoms with Crippen LogP contribution < -0.4 is 9.64 Å². The number of esters is 1. The molecule has 1 saturated heterocycles. The Bertz CT molecular complexity index is 823. The van der Waals surface area contributed by atoms with Gasteiger partial charge in [0.25, 0.3) is 0 Å². The highest BCUT2D eigenvalue weighted by atomic mass is 16.5. The molecule has 0 radical (unpaired) electrons. The molecule has 5 heteroatoms. The van der Waals surface area contributed by atoms with Gasteiger partial charge in [-0.1, -0.05) is 30.2 Å². The minimum atomic E-state index is -0.621. The van der Waals surface area contributed by atoms with Crippen LogP contribution >= 0.6 is 0 Å². The summed E-state index contributed by atoms with van der Waals surface area (Å²) in [5.41, 5.74) is 1.83. The normalized spacial score (nSPS) is 16.2. The number of pyridine rings is 1. The van der Waals surface area contributed by atoms with Gasteiger partial charge in [-0.25, -0.2) is 4.79 Å². The Balaban J connectivity index is 1.66. The first kappa shape index (κ1) is 17.0. The van der Waals surface area contributed by atoms with Crippen LogP contribution in [-0.4, -0.2) is 37.3 Å². The van der Waals surface area contributed by atoms with Gasteiger partial charge in [-0.05, 0) is 31.0 Å². The molecule has 25 heavy (non-hydrogen) atoms. The molecule has 1 aromatic heterocycles. The second kappa shape index (κ2) is 7.82. The fourth-order valence-corrected chi connectivity index (χ4v) is 2.72. The lowest BCUT2D eigenvalue weighted by atomic mass is 10.1. The number of aromatic nitrogens is 1. The maximum Gasteiger partial charge on any atom is 0.391 e. The molecule has 3 rings (SSSR count). The zero-order chi connectivity index (χ0) is 17.6. The molecule has 1 aliphatic heterocycles. The summed E-state index contributed by atoms with van der Waals surface area (Å²) in [4.78, 5) is 18.5. The zero-order valence-electron chi connectivity index (χ0n) is 14.4. The third-order valence-electron chi connectivity index (χ3n) is 4.15. The molecule has 1 unspecified atom stereocenters. The monoisotopic (exact) mass is 336 g/mol. The Kier molecular flexibility index (Phi) is 5.32. The topological polar surface area (TPSA) is 51.7 Å². The number of hydrogen-bond acceptors (Lipinski definition) is 5. The molecular weight excluding hydrogens is 316 g/mol. The van der Waals surface area contributed by atoms with Crippen LogP contribution in [0.25, 0.3) is 0 Å². The van der Waals surface area contributed by atoms with Crippen molar-refractivity contribution < 1.29 is 14.3 Å². The van der Waals surface area contributed by atoms with Gasteiger partial charge in [0.15, 0.2) is 0 Å². The van der Waals surface area contributed by atoms with E-state index in [1.54, 1.807) is 13.2 Å². The molecule has 2 heterocycles. The molecule has 1 atom stereocenters. The number of rotatable bonds is 3. The van der Waals surface area contributed by atoms with Crippen molar-refractivity contribution in [3.8, 4) is 17.7 Å². The number of carbonyl (C=O) groups is 1. The van der Waals surface area contributed by atoms with Crippen LogP contribution in [0.2, 0.25) is 0 Å². The number of benzene rings is 1. The van der Waals surface area contributed by atoms with Gasteiger partial charge in [0.1, 0.15) is 5.82 Å². The molecule has 128 valence electrons. The van der Waals surface area contributed by atoms with Crippen LogP contribution in [0.1, 0.15) is 17.5 Å². The molecule has 0 N–H and O–H groups in total. The molecule has 5 nitrogen and oxygen atoms in total. The van der Waals surface area contributed by atoms with Crippen LogP contribution in [0.4, 0.5) is 5.82 Å². The predicted octanol–water partition coefficient (Wildman–Crippen LogP) is 2.57. The van der Waals surface area contributed by atoms with Crippen LogP contribution in [0, 0.1) is 18.8 Å². The highest BCUT2D eigenvalue weighted by Crippen LogP contribution is 2.21. The van der Waals surface area contributed by atoms with E-state index in [1.165, 1.54) is 0 Å². The van der Waals surface area contributed by atoms with E-state index in [0.717, 1.165) is 36.5 Å². The van der Waals surface area contributed by atoms with Crippen LogP contribution in [0.15, 0.2) is 42.5 Å². The Morgan fingerprint density at radius 1 is 1.24 bits per heavy atom. The van der Waals surface area contributed by atoms with E-state index in [2.05, 4.69) is 21.7 Å². The second-order valence-corrected chi connectivity index (χ2v) is 5.88. The maximum atomic E-state index is 12.0. The van der Waals surface area contributed by atoms with Crippen LogP contribution in [0.5, 0.6) is 5.88 Å². The van der Waals surface area contributed by atoms with E-state index in [-0.39, 0.29) is 12.0 Å². The van der Waals surface area contributed by atoms with E-state index in [9.17, 15) is 4.79 Å². The first-order valence-electron chi connectivity index (χ1n) is 8.20. The molecule has 0 amide bonds. The van der Waals surface area contributed by atoms with Gasteiger partial charge in [0.2, 0.25) is 5.88 Å². The van der Waals surface area contributed by atoms with Gasteiger partial charge in [0, 0.05) is 37.7 Å². The lowest BCUT2D eigenvalue weighted by Crippen LogP contribution is -2.23. The summed E-state index contributed by atoms with van der Waals surface area (Å²) in [5, 5.41) is 0. The van der Waals surface area contributed by atoms with Crippen molar-refractivity contribution in [3.63, 3.8) is 0 Å². The minimum Gasteiger partial charge on any atom is -0.398 e. The Morgan fingerprint density at radius 2 is 2.08 bits per heavy atom. The Hall–Kier alpha value is -2.84. The van der Waals surface area contributed by atoms with E-state index < -0.39 is 5.97 Å². The lowest BCUT2D eigenvalue weighted by molar-refractivity contribution is -0.128. The number of ether oxygens (including phenoxy) is 2. The van der Waals surface area contributed by atoms with Gasteiger partial charge in [-0.15, -0.1) is 0 Å². The summed E-state index contributed by atoms with van der Waals surface area (Å²) in [7, 11) is 1.72. The quantitative estimate of drug-likeness (QED) is 0.637. The molecule has 0 aliphatic carbocycles. The van der Waals surface area contributed by atoms with Gasteiger partial charge in [-0.3, -0.25) is 0 Å². The van der Waals surface area contributed by atoms with Gasteiger partial charge in [-0.2, -0.15) is 4.98 Å². The maximum absolute atomic E-state index is 12.0. The Labute approximate surface area is 147 Å². The predicted molar refractivity (Wildman–Crippen MR) is 95.6 cm³/mol. The molecule has 0 spiro atoms. The average Bonchev–Trinajstić information content (AvgIpc) is 3.10. The highest BCUT2D eigenvalue weighted by molar-refractivity contribution is 5.90. The van der Waals surface area contributed by atoms with E-state index >= 15 is 0 Å². The van der Waals surface area contributed by atoms with Crippen molar-refractivity contribution in [1.82, 2.24) is 4.98 Å². The summed E-state index contributed by atoms with van der Waals surface area (Å²) in [5.74, 6) is 5.75. The van der Waals surface area contributed by atoms with E-state index in [1.807, 2.05) is 43.3 Å². The molecule has 0 bridgehead atoms. The van der Waals surface area contributed by atoms with Crippen molar-refractivity contribution in [1.29, 1.82) is 0 Å². The minimum absolute atomic E-state index is 0.216. The number of methoxy groups -OCH3 is 1. The molecule has 1 fully saturated rings. The van der Waals surface area contributed by atoms with Gasteiger partial charge in [0.05, 0.1) is 6.10 Å². The zero-order valence-corrected chi connectivity index (χ0v) is 14.4. The third kappa shape index (κ3) is 4.37. The number of hydrogen-bond donors (Lipinski definition) is 0. The van der Waals surface area contributed by atoms with Crippen molar-refractivity contribution in [2.45, 2.75) is 19.4 Å². The average molecular weight is 336 g/mol. The SMILES string of the molecule is COC1CCN(c2cccc(OC(=O)C#Cc3ccccc3C)n2)C1. The molecule has 1 aliphatic rings. The summed E-state index contributed by atoms with van der Waals surface area (Å²) < 4.78 is 10.6. The second-order valence-electron chi connectivity index (χ2n) is 5.88. The molecule has 2 aromatic rings. The molecule has 1 aromatic carbocycles. The largest absolute Gasteiger partial charge is 0.398 e. The summed E-state index contributed by atoms with van der Waals surface area (Å²) >= 11 is 0. The summed E-state index contributed by atoms with van der Waals surface area (Å²) in [6.45, 7) is 3.60. The first-order valence-corrected chi connectivity index (χ1v) is 8.20. The third-order valence-corrected chi connectivity index (χ3v) is 4.15. The summed E-state index contributed by atoms with van der Waals surface area (Å²) in [6.07, 6.45) is 1.18. The number of aryl methyl sites for hydroxylation is 1. The first-order chi connectivity index (χ1) is 12.2. The fraction of sp³-hybridized carbons (Fsp3) is 0.300. The molecular formula is C20H20N2O3. The number of carbonyl (C=O) groups excluding carboxylic acids is 1. The smallest absolute Gasteiger partial charge is 0.391 e. The number of nitrogens with zero attached hydrogens (tertiary/aromatic N) is 2. The van der Waals surface area contributed by atoms with Crippen LogP contribution in [0.3, 0.4) is 0 Å². The number of anilines is 1. The van der Waals surface area contributed by atoms with E-state index in [4.69, 9.17) is 9.47 Å². The van der Waals surface area contributed by atoms with Crippen molar-refractivity contribution >= 4 is 11.8 Å². The highest BCUT2D eigenvalue weighted by Gasteiger charge is 2.23. The Morgan fingerprint density at radius 3 is 2.84 bits per heavy atom. The van der Waals surface area contributed by atoms with Crippen molar-refractivity contribution in [2.24, 2.45) is 0 Å². The lowest BCUT2D eigenvalue weighted by Gasteiger charge is -2.17. The standard InChI is InChI=1S/C20H20N2O3/c1-15-6-3-4-7-16(15)10-11-20(23)25-19-9-5-8-18(21-19)22-13-12-17(14-22)24-2/h3-9,17H,12-14H2,1-2H3. The van der Waals surface area contributed by atoms with Gasteiger partial charge < -0.3 is 14.4 Å². The van der Waals surface area contributed by atoms with E-state index in [0.29, 0.717) is 0 Å². The van der Waals surface area contributed by atoms with Crippen molar-refractivity contribution in [2.75, 3.05) is 25.1 Å². The fourth-order valence-electron chi connectivity index (χ4n) is 2.72. The van der Waals surface area contributed by atoms with Gasteiger partial charge >= 0.3 is 5.97 Å². The molecule has 0 saturated carbocycles. The summed E-state index contributed by atoms with van der Waals surface area (Å²) in [6, 6.07) is 13.0. The van der Waals surface area contributed by atoms with Crippen LogP contribution in [-0.2, 0) is 9.53 Å².